The van der Waals surface area contributed by atoms with Gasteiger partial charge in [-0.2, -0.15) is 4.98 Å². The van der Waals surface area contributed by atoms with Gasteiger partial charge in [-0.1, -0.05) is 53.1 Å². The van der Waals surface area contributed by atoms with E-state index in [0.29, 0.717) is 45.1 Å². The van der Waals surface area contributed by atoms with Gasteiger partial charge in [0.15, 0.2) is 0 Å². The van der Waals surface area contributed by atoms with E-state index in [1.54, 1.807) is 20.3 Å². The van der Waals surface area contributed by atoms with Crippen molar-refractivity contribution in [3.05, 3.63) is 94.4 Å². The summed E-state index contributed by atoms with van der Waals surface area (Å²) in [5, 5.41) is 13.0. The van der Waals surface area contributed by atoms with Crippen molar-refractivity contribution in [2.24, 2.45) is 11.1 Å². The second-order valence-electron chi connectivity index (χ2n) is 9.10. The second-order valence-corrected chi connectivity index (χ2v) is 9.10. The van der Waals surface area contributed by atoms with Gasteiger partial charge in [0.1, 0.15) is 28.7 Å². The number of allylic oxidation sites excluding steroid dienone is 2. The van der Waals surface area contributed by atoms with Crippen LogP contribution in [-0.4, -0.2) is 55.4 Å². The molecule has 0 saturated carbocycles. The molecule has 4 rings (SSSR count). The maximum atomic E-state index is 9.66. The lowest BCUT2D eigenvalue weighted by Gasteiger charge is -2.37. The normalized spacial score (nSPS) is 17.9. The van der Waals surface area contributed by atoms with Crippen LogP contribution in [-0.2, 0) is 15.9 Å². The van der Waals surface area contributed by atoms with Crippen molar-refractivity contribution in [3.8, 4) is 35.2 Å². The summed E-state index contributed by atoms with van der Waals surface area (Å²) in [5.41, 5.74) is 13.6. The van der Waals surface area contributed by atoms with E-state index in [4.69, 9.17) is 30.4 Å². The van der Waals surface area contributed by atoms with Crippen LogP contribution in [0.5, 0.6) is 11.5 Å². The molecule has 0 amide bonds. The minimum absolute atomic E-state index is 0.0487. The highest BCUT2D eigenvalue weighted by Gasteiger charge is 2.43. The molecule has 0 aliphatic heterocycles. The van der Waals surface area contributed by atoms with Gasteiger partial charge in [0, 0.05) is 25.3 Å². The molecule has 2 aromatic carbocycles. The number of hydrogen-bond donors (Lipinski definition) is 3. The predicted molar refractivity (Wildman–Crippen MR) is 160 cm³/mol. The fraction of sp³-hybridized carbons (Fsp3) is 0.219. The minimum Gasteiger partial charge on any atom is -0.497 e. The number of hydrogen-bond acceptors (Lipinski definition) is 10. The van der Waals surface area contributed by atoms with Gasteiger partial charge in [-0.05, 0) is 35.9 Å². The molecule has 0 radical (unpaired) electrons. The van der Waals surface area contributed by atoms with Crippen LogP contribution in [0.25, 0.3) is 0 Å². The summed E-state index contributed by atoms with van der Waals surface area (Å²) >= 11 is 0. The van der Waals surface area contributed by atoms with E-state index in [1.165, 1.54) is 26.6 Å². The zero-order valence-electron chi connectivity index (χ0n) is 23.7. The van der Waals surface area contributed by atoms with E-state index < -0.39 is 11.5 Å². The summed E-state index contributed by atoms with van der Waals surface area (Å²) in [5.74, 6) is 14.1. The Hall–Kier alpha value is -5.45. The highest BCUT2D eigenvalue weighted by atomic mass is 16.5. The molecule has 0 bridgehead atoms. The molecule has 1 aliphatic rings. The van der Waals surface area contributed by atoms with Gasteiger partial charge < -0.3 is 35.6 Å². The number of rotatable bonds is 7. The fourth-order valence-corrected chi connectivity index (χ4v) is 4.68. The Labute approximate surface area is 244 Å². The van der Waals surface area contributed by atoms with Gasteiger partial charge in [0.05, 0.1) is 50.2 Å². The topological polar surface area (TPSA) is 147 Å². The number of ether oxygens (including phenoxy) is 4. The molecule has 1 aromatic heterocycles. The predicted octanol–water partition coefficient (Wildman–Crippen LogP) is 3.61. The molecule has 2 atom stereocenters. The van der Waals surface area contributed by atoms with Crippen molar-refractivity contribution < 1.29 is 24.2 Å². The first kappa shape index (κ1) is 29.5. The SMILES string of the molecule is COC1=C(C#Cc2ccccc2OC)C(C#Cc2ccccc2OC)C(/C=N/O)=CC1(Cc1cnc(N)nc1N)OC. The molecule has 3 aromatic rings. The average molecular weight is 566 g/mol. The number of oxime groups is 1. The average Bonchev–Trinajstić information content (AvgIpc) is 3.01. The number of methoxy groups -OCH3 is 4. The summed E-state index contributed by atoms with van der Waals surface area (Å²) in [4.78, 5) is 8.18. The summed E-state index contributed by atoms with van der Waals surface area (Å²) in [6, 6.07) is 14.8. The van der Waals surface area contributed by atoms with E-state index in [-0.39, 0.29) is 18.2 Å². The van der Waals surface area contributed by atoms with E-state index >= 15 is 0 Å². The molecule has 0 saturated heterocycles. The van der Waals surface area contributed by atoms with Gasteiger partial charge in [0.2, 0.25) is 5.95 Å². The lowest BCUT2D eigenvalue weighted by molar-refractivity contribution is 0.0141. The molecule has 1 aliphatic carbocycles. The number of benzene rings is 2. The van der Waals surface area contributed by atoms with Crippen LogP contribution in [0.2, 0.25) is 0 Å². The number of nitrogen functional groups attached to an aromatic ring is 2. The first-order valence-corrected chi connectivity index (χ1v) is 12.8. The Bertz CT molecular complexity index is 1680. The molecular formula is C32H31N5O5. The summed E-state index contributed by atoms with van der Waals surface area (Å²) in [6.07, 6.45) is 4.77. The number of anilines is 2. The van der Waals surface area contributed by atoms with Crippen molar-refractivity contribution in [3.63, 3.8) is 0 Å². The van der Waals surface area contributed by atoms with E-state index in [0.717, 1.165) is 0 Å². The highest BCUT2D eigenvalue weighted by molar-refractivity contribution is 5.83. The third-order valence-corrected chi connectivity index (χ3v) is 6.69. The number of aromatic nitrogens is 2. The fourth-order valence-electron chi connectivity index (χ4n) is 4.68. The Morgan fingerprint density at radius 2 is 1.57 bits per heavy atom. The molecule has 10 nitrogen and oxygen atoms in total. The number of nitrogens with two attached hydrogens (primary N) is 2. The molecule has 2 unspecified atom stereocenters. The number of nitrogens with zero attached hydrogens (tertiary/aromatic N) is 3. The van der Waals surface area contributed by atoms with Crippen LogP contribution in [0.1, 0.15) is 16.7 Å². The highest BCUT2D eigenvalue weighted by Crippen LogP contribution is 2.41. The van der Waals surface area contributed by atoms with Crippen LogP contribution in [0.4, 0.5) is 11.8 Å². The van der Waals surface area contributed by atoms with Gasteiger partial charge in [0.25, 0.3) is 0 Å². The summed E-state index contributed by atoms with van der Waals surface area (Å²) in [6.45, 7) is 0. The molecule has 214 valence electrons. The van der Waals surface area contributed by atoms with Crippen molar-refractivity contribution in [1.29, 1.82) is 0 Å². The Balaban J connectivity index is 1.98. The van der Waals surface area contributed by atoms with E-state index in [1.807, 2.05) is 48.5 Å². The molecule has 10 heteroatoms. The van der Waals surface area contributed by atoms with Crippen LogP contribution in [0.15, 0.2) is 82.9 Å². The zero-order chi connectivity index (χ0) is 30.1. The van der Waals surface area contributed by atoms with Crippen LogP contribution in [0.3, 0.4) is 0 Å². The number of para-hydroxylation sites is 2. The van der Waals surface area contributed by atoms with Crippen LogP contribution >= 0.6 is 0 Å². The first-order valence-electron chi connectivity index (χ1n) is 12.8. The summed E-state index contributed by atoms with van der Waals surface area (Å²) in [7, 11) is 6.22. The van der Waals surface area contributed by atoms with Gasteiger partial charge in [-0.15, -0.1) is 0 Å². The zero-order valence-corrected chi connectivity index (χ0v) is 23.7. The largest absolute Gasteiger partial charge is 0.497 e. The Morgan fingerprint density at radius 1 is 0.929 bits per heavy atom. The maximum absolute atomic E-state index is 9.66. The van der Waals surface area contributed by atoms with E-state index in [9.17, 15) is 5.21 Å². The quantitative estimate of drug-likeness (QED) is 0.169. The van der Waals surface area contributed by atoms with Crippen molar-refractivity contribution in [2.45, 2.75) is 12.0 Å². The second kappa shape index (κ2) is 13.3. The lowest BCUT2D eigenvalue weighted by atomic mass is 9.76. The van der Waals surface area contributed by atoms with Crippen LogP contribution < -0.4 is 20.9 Å². The van der Waals surface area contributed by atoms with Crippen molar-refractivity contribution in [1.82, 2.24) is 9.97 Å². The van der Waals surface area contributed by atoms with Gasteiger partial charge >= 0.3 is 0 Å². The standard InChI is InChI=1S/C32H31N5O5/c1-39-27-11-7-5-9-21(27)13-15-25-23(20-36-38)17-32(42-4,18-24-19-35-31(34)37-30(24)33)29(41-3)26(25)16-14-22-10-6-8-12-28(22)40-2/h5-12,17,19-20,25,38H,18H2,1-4H3,(H4,33,34,35,37)/b36-20+. The monoisotopic (exact) mass is 565 g/mol. The Kier molecular flexibility index (Phi) is 9.33. The Morgan fingerprint density at radius 3 is 2.14 bits per heavy atom. The molecular weight excluding hydrogens is 534 g/mol. The van der Waals surface area contributed by atoms with E-state index in [2.05, 4.69) is 38.8 Å². The maximum Gasteiger partial charge on any atom is 0.221 e. The lowest BCUT2D eigenvalue weighted by Crippen LogP contribution is -2.41. The smallest absolute Gasteiger partial charge is 0.221 e. The first-order chi connectivity index (χ1) is 20.4. The van der Waals surface area contributed by atoms with Gasteiger partial charge in [-0.3, -0.25) is 0 Å². The van der Waals surface area contributed by atoms with Gasteiger partial charge in [-0.25, -0.2) is 4.98 Å². The minimum atomic E-state index is -1.24. The van der Waals surface area contributed by atoms with Crippen molar-refractivity contribution in [2.75, 3.05) is 39.9 Å². The molecule has 1 heterocycles. The van der Waals surface area contributed by atoms with Crippen LogP contribution in [0, 0.1) is 29.6 Å². The molecule has 42 heavy (non-hydrogen) atoms. The van der Waals surface area contributed by atoms with Crippen molar-refractivity contribution >= 4 is 18.0 Å². The summed E-state index contributed by atoms with van der Waals surface area (Å²) < 4.78 is 23.1. The molecule has 0 fully saturated rings. The third kappa shape index (κ3) is 6.15. The molecule has 0 spiro atoms. The molecule has 5 N–H and O–H groups in total. The third-order valence-electron chi connectivity index (χ3n) is 6.69.